The number of halogens is 2. The topological polar surface area (TPSA) is 214 Å². The van der Waals surface area contributed by atoms with Crippen molar-refractivity contribution in [2.24, 2.45) is 5.41 Å². The number of unbranched alkanes of at least 4 members (excludes halogenated alkanes) is 2. The van der Waals surface area contributed by atoms with Crippen molar-refractivity contribution >= 4 is 69.0 Å². The number of aromatic amines is 1. The second kappa shape index (κ2) is 25.2. The molecule has 3 fully saturated rings. The second-order valence-electron chi connectivity index (χ2n) is 22.0. The highest BCUT2D eigenvalue weighted by Crippen LogP contribution is 2.32. The average Bonchev–Trinajstić information content (AvgIpc) is 4.19. The van der Waals surface area contributed by atoms with Crippen LogP contribution in [0.15, 0.2) is 84.4 Å². The lowest BCUT2D eigenvalue weighted by Gasteiger charge is -2.36. The van der Waals surface area contributed by atoms with Gasteiger partial charge >= 0.3 is 0 Å². The molecule has 0 bridgehead atoms. The highest BCUT2D eigenvalue weighted by Gasteiger charge is 2.44. The molecule has 2 aromatic heterocycles. The van der Waals surface area contributed by atoms with E-state index in [4.69, 9.17) is 4.74 Å². The molecule has 3 saturated heterocycles. The van der Waals surface area contributed by atoms with E-state index in [1.165, 1.54) is 17.0 Å². The minimum atomic E-state index is -0.934. The van der Waals surface area contributed by atoms with Gasteiger partial charge in [-0.15, -0.1) is 11.3 Å². The summed E-state index contributed by atoms with van der Waals surface area (Å²) in [5, 5.41) is 31.1. The summed E-state index contributed by atoms with van der Waals surface area (Å²) >= 11 is 1.57. The maximum atomic E-state index is 14.1. The summed E-state index contributed by atoms with van der Waals surface area (Å²) < 4.78 is 33.5. The molecule has 6 aromatic rings. The van der Waals surface area contributed by atoms with Crippen molar-refractivity contribution in [2.75, 3.05) is 61.5 Å². The number of nitrogens with zero attached hydrogens (tertiary/aromatic N) is 5. The third-order valence-electron chi connectivity index (χ3n) is 15.0. The molecule has 3 aliphatic rings. The van der Waals surface area contributed by atoms with Crippen molar-refractivity contribution in [1.29, 1.82) is 0 Å². The molecule has 5 amide bonds. The van der Waals surface area contributed by atoms with Crippen LogP contribution in [-0.2, 0) is 36.9 Å². The van der Waals surface area contributed by atoms with Gasteiger partial charge in [-0.25, -0.2) is 13.8 Å². The molecule has 0 spiro atoms. The van der Waals surface area contributed by atoms with E-state index in [9.17, 15) is 37.9 Å². The third-order valence-corrected chi connectivity index (χ3v) is 16.0. The number of ether oxygens (including phenoxy) is 1. The Morgan fingerprint density at radius 3 is 2.29 bits per heavy atom. The first-order valence-corrected chi connectivity index (χ1v) is 28.1. The number of likely N-dealkylation sites (tertiary alicyclic amines) is 1. The van der Waals surface area contributed by atoms with E-state index in [0.29, 0.717) is 98.6 Å². The second-order valence-corrected chi connectivity index (χ2v) is 22.8. The van der Waals surface area contributed by atoms with Crippen LogP contribution in [0, 0.1) is 24.0 Å². The van der Waals surface area contributed by atoms with E-state index < -0.39 is 41.1 Å². The first-order valence-electron chi connectivity index (χ1n) is 27.2. The van der Waals surface area contributed by atoms with Crippen molar-refractivity contribution in [3.8, 4) is 10.4 Å². The number of hydrogen-bond donors (Lipinski definition) is 6. The summed E-state index contributed by atoms with van der Waals surface area (Å²) in [6, 6.07) is 20.8. The summed E-state index contributed by atoms with van der Waals surface area (Å²) in [4.78, 5) is 79.5. The van der Waals surface area contributed by atoms with E-state index in [2.05, 4.69) is 41.3 Å². The Morgan fingerprint density at radius 1 is 0.861 bits per heavy atom. The van der Waals surface area contributed by atoms with Gasteiger partial charge in [0, 0.05) is 101 Å². The van der Waals surface area contributed by atoms with Gasteiger partial charge in [-0.1, -0.05) is 57.5 Å². The average molecular weight is 1100 g/mol. The fourth-order valence-corrected chi connectivity index (χ4v) is 11.4. The molecule has 3 atom stereocenters. The number of anilines is 3. The molecule has 20 heteroatoms. The number of carbonyl (C=O) groups is 5. The fraction of sp³-hybridized carbons (Fsp3) is 0.441. The summed E-state index contributed by atoms with van der Waals surface area (Å²) in [7, 11) is 0. The number of thiazole rings is 1. The van der Waals surface area contributed by atoms with Crippen LogP contribution in [0.3, 0.4) is 0 Å². The minimum Gasteiger partial charge on any atom is -0.391 e. The largest absolute Gasteiger partial charge is 0.391 e. The number of H-pyrrole nitrogens is 1. The van der Waals surface area contributed by atoms with Gasteiger partial charge < -0.3 is 45.8 Å². The lowest BCUT2D eigenvalue weighted by molar-refractivity contribution is -0.144. The Hall–Kier alpha value is -7.29. The summed E-state index contributed by atoms with van der Waals surface area (Å²) in [6.07, 6.45) is 3.32. The minimum absolute atomic E-state index is 0.0156. The zero-order chi connectivity index (χ0) is 55.8. The van der Waals surface area contributed by atoms with Crippen molar-refractivity contribution in [2.45, 2.75) is 116 Å². The van der Waals surface area contributed by atoms with E-state index in [0.717, 1.165) is 51.9 Å². The molecule has 4 aromatic carbocycles. The van der Waals surface area contributed by atoms with Crippen LogP contribution in [0.25, 0.3) is 21.3 Å². The van der Waals surface area contributed by atoms with Crippen molar-refractivity contribution in [1.82, 2.24) is 35.6 Å². The van der Waals surface area contributed by atoms with Gasteiger partial charge in [0.25, 0.3) is 5.91 Å². The molecule has 79 heavy (non-hydrogen) atoms. The highest BCUT2D eigenvalue weighted by molar-refractivity contribution is 7.13. The van der Waals surface area contributed by atoms with E-state index in [1.807, 2.05) is 92.7 Å². The van der Waals surface area contributed by atoms with Crippen LogP contribution < -0.4 is 26.2 Å². The number of aliphatic hydroxyl groups is 1. The zero-order valence-corrected chi connectivity index (χ0v) is 46.0. The van der Waals surface area contributed by atoms with Gasteiger partial charge in [-0.3, -0.25) is 29.1 Å². The number of aryl methyl sites for hydroxylation is 1. The quantitative estimate of drug-likeness (QED) is 0.0426. The maximum absolute atomic E-state index is 14.1. The Bertz CT molecular complexity index is 3130. The Morgan fingerprint density at radius 2 is 1.58 bits per heavy atom. The number of benzene rings is 4. The highest BCUT2D eigenvalue weighted by atomic mass is 32.1. The Kier molecular flexibility index (Phi) is 18.0. The maximum Gasteiger partial charge on any atom is 0.258 e. The number of hydrogen-bond acceptors (Lipinski definition) is 12. The van der Waals surface area contributed by atoms with E-state index in [-0.39, 0.29) is 62.0 Å². The lowest BCUT2D eigenvalue weighted by Crippen LogP contribution is -2.57. The predicted octanol–water partition coefficient (Wildman–Crippen LogP) is 8.12. The summed E-state index contributed by atoms with van der Waals surface area (Å²) in [5.41, 5.74) is 7.99. The van der Waals surface area contributed by atoms with E-state index in [1.54, 1.807) is 17.4 Å². The number of fused-ring (bicyclic) bond motifs is 1. The smallest absolute Gasteiger partial charge is 0.258 e. The van der Waals surface area contributed by atoms with Gasteiger partial charge in [0.05, 0.1) is 33.3 Å². The molecular weight excluding hydrogens is 1030 g/mol. The van der Waals surface area contributed by atoms with Gasteiger partial charge in [-0.2, -0.15) is 5.10 Å². The first-order chi connectivity index (χ1) is 37.9. The van der Waals surface area contributed by atoms with Gasteiger partial charge in [-0.05, 0) is 109 Å². The number of rotatable bonds is 19. The van der Waals surface area contributed by atoms with Crippen LogP contribution in [0.5, 0.6) is 0 Å². The van der Waals surface area contributed by atoms with Gasteiger partial charge in [0.2, 0.25) is 23.6 Å². The Labute approximate surface area is 462 Å². The molecular formula is C59H70F2N10O7S. The third kappa shape index (κ3) is 14.3. The molecule has 6 N–H and O–H groups in total. The molecule has 3 aliphatic heterocycles. The van der Waals surface area contributed by atoms with Crippen LogP contribution in [0.2, 0.25) is 0 Å². The number of β-amino-alcohol motifs (C(OH)–C–C–N with tert-alkyl or cyclic N) is 1. The molecule has 9 rings (SSSR count). The van der Waals surface area contributed by atoms with Crippen LogP contribution in [0.4, 0.5) is 26.0 Å². The van der Waals surface area contributed by atoms with Crippen LogP contribution in [-0.4, -0.2) is 130 Å². The van der Waals surface area contributed by atoms with Crippen molar-refractivity contribution in [3.05, 3.63) is 124 Å². The number of piperazine rings is 1. The SMILES string of the molecule is Cc1ncsc1-c1ccc(CNC(=O)C2CC(O)CN2C(=O)[C@@H](NC(=O)CCCCCC(=O)N2CCN(c3ccc(C(=O)Nc4n[nH]c5ccc(Cc6cc(F)cc(F)c6)cc45)c(NC4CCOCC4)c3)CC2)C(C)(C)C)cc1. The number of aliphatic hydroxyl groups excluding tert-OH is 1. The van der Waals surface area contributed by atoms with Crippen LogP contribution in [0.1, 0.15) is 105 Å². The number of carbonyl (C=O) groups excluding carboxylic acids is 5. The predicted molar refractivity (Wildman–Crippen MR) is 301 cm³/mol. The fourth-order valence-electron chi connectivity index (χ4n) is 10.6. The van der Waals surface area contributed by atoms with Crippen molar-refractivity contribution < 1.29 is 42.6 Å². The normalized spacial score (nSPS) is 17.4. The van der Waals surface area contributed by atoms with Gasteiger partial charge in [0.1, 0.15) is 23.7 Å². The molecule has 0 saturated carbocycles. The standard InChI is InChI=1S/C59H70F2N10O7S/c1-36-53(79-35-63-36)40-13-10-37(11-14-40)33-62-57(76)50-32-45(72)34-71(50)58(77)54(59(2,3)4)65-51(73)8-6-5-7-9-52(74)70-22-20-69(21-23-70)44-15-16-46(49(31-44)64-43-18-24-78-25-19-43)56(75)66-55-47-29-38(12-17-48(47)67-68-55)26-39-27-41(60)30-42(61)28-39/h10-17,27-31,35,43,45,50,54,64,72H,5-9,18-26,32-34H2,1-4H3,(H,62,76)(H,65,73)(H2,66,67,68,75)/t45?,50?,54-/m1/s1. The molecule has 17 nitrogen and oxygen atoms in total. The molecule has 2 unspecified atom stereocenters. The molecule has 418 valence electrons. The molecule has 0 aliphatic carbocycles. The first kappa shape index (κ1) is 56.4. The van der Waals surface area contributed by atoms with Crippen LogP contribution >= 0.6 is 11.3 Å². The number of nitrogens with one attached hydrogen (secondary N) is 5. The molecule has 5 heterocycles. The molecule has 0 radical (unpaired) electrons. The Balaban J connectivity index is 0.734. The van der Waals surface area contributed by atoms with E-state index >= 15 is 0 Å². The monoisotopic (exact) mass is 1100 g/mol. The van der Waals surface area contributed by atoms with Gasteiger partial charge in [0.15, 0.2) is 5.82 Å². The summed E-state index contributed by atoms with van der Waals surface area (Å²) in [6.45, 7) is 11.2. The lowest BCUT2D eigenvalue weighted by atomic mass is 9.85. The zero-order valence-electron chi connectivity index (χ0n) is 45.2. The number of amides is 5. The number of aromatic nitrogens is 3. The van der Waals surface area contributed by atoms with Crippen molar-refractivity contribution in [3.63, 3.8) is 0 Å². The summed E-state index contributed by atoms with van der Waals surface area (Å²) in [5.74, 6) is -2.37.